The van der Waals surface area contributed by atoms with Gasteiger partial charge in [0.1, 0.15) is 0 Å². The topological polar surface area (TPSA) is 92.4 Å². The highest BCUT2D eigenvalue weighted by Crippen LogP contribution is 2.11. The maximum absolute atomic E-state index is 11.5. The second kappa shape index (κ2) is 6.00. The Labute approximate surface area is 99.6 Å². The number of benzene rings is 1. The van der Waals surface area contributed by atoms with Crippen molar-refractivity contribution >= 4 is 17.6 Å². The van der Waals surface area contributed by atoms with Crippen LogP contribution in [0.5, 0.6) is 0 Å². The molecule has 5 nitrogen and oxygen atoms in total. The van der Waals surface area contributed by atoms with E-state index in [2.05, 4.69) is 5.32 Å². The quantitative estimate of drug-likeness (QED) is 0.718. The molecule has 0 spiro atoms. The number of carboxylic acids is 1. The molecule has 1 atom stereocenters. The van der Waals surface area contributed by atoms with E-state index < -0.39 is 5.97 Å². The molecule has 1 aromatic carbocycles. The number of nitrogens with two attached hydrogens (primary N) is 1. The van der Waals surface area contributed by atoms with Crippen LogP contribution in [-0.4, -0.2) is 23.5 Å². The smallest absolute Gasteiger partial charge is 0.335 e. The van der Waals surface area contributed by atoms with E-state index in [0.29, 0.717) is 18.7 Å². The van der Waals surface area contributed by atoms with Crippen molar-refractivity contribution in [2.75, 3.05) is 11.9 Å². The molecule has 92 valence electrons. The fourth-order valence-corrected chi connectivity index (χ4v) is 1.31. The van der Waals surface area contributed by atoms with Crippen molar-refractivity contribution < 1.29 is 14.7 Å². The summed E-state index contributed by atoms with van der Waals surface area (Å²) in [5.41, 5.74) is 6.20. The molecule has 17 heavy (non-hydrogen) atoms. The maximum Gasteiger partial charge on any atom is 0.335 e. The molecule has 1 rings (SSSR count). The van der Waals surface area contributed by atoms with E-state index in [1.165, 1.54) is 12.1 Å². The second-order valence-corrected chi connectivity index (χ2v) is 3.98. The molecule has 5 heteroatoms. The predicted octanol–water partition coefficient (Wildman–Crippen LogP) is 1.31. The predicted molar refractivity (Wildman–Crippen MR) is 64.9 cm³/mol. The monoisotopic (exact) mass is 236 g/mol. The number of nitrogens with one attached hydrogen (secondary N) is 1. The Kier molecular flexibility index (Phi) is 4.66. The van der Waals surface area contributed by atoms with Crippen molar-refractivity contribution in [3.05, 3.63) is 29.8 Å². The first-order valence-electron chi connectivity index (χ1n) is 5.36. The van der Waals surface area contributed by atoms with Gasteiger partial charge in [0.05, 0.1) is 5.56 Å². The van der Waals surface area contributed by atoms with Crippen LogP contribution in [0, 0.1) is 5.92 Å². The Bertz CT molecular complexity index is 401. The van der Waals surface area contributed by atoms with Gasteiger partial charge in [0.15, 0.2) is 0 Å². The van der Waals surface area contributed by atoms with Crippen LogP contribution >= 0.6 is 0 Å². The number of amides is 1. The molecule has 0 fully saturated rings. The van der Waals surface area contributed by atoms with E-state index in [4.69, 9.17) is 10.8 Å². The number of hydrogen-bond acceptors (Lipinski definition) is 3. The third-order valence-corrected chi connectivity index (χ3v) is 2.35. The van der Waals surface area contributed by atoms with Crippen LogP contribution in [0.3, 0.4) is 0 Å². The van der Waals surface area contributed by atoms with Crippen molar-refractivity contribution in [2.24, 2.45) is 11.7 Å². The van der Waals surface area contributed by atoms with Crippen LogP contribution in [0.4, 0.5) is 5.69 Å². The van der Waals surface area contributed by atoms with Gasteiger partial charge in [-0.15, -0.1) is 0 Å². The lowest BCUT2D eigenvalue weighted by molar-refractivity contribution is -0.116. The number of hydrogen-bond donors (Lipinski definition) is 3. The molecule has 0 saturated carbocycles. The van der Waals surface area contributed by atoms with Gasteiger partial charge in [-0.3, -0.25) is 4.79 Å². The summed E-state index contributed by atoms with van der Waals surface area (Å²) >= 11 is 0. The normalized spacial score (nSPS) is 11.9. The number of rotatable bonds is 5. The van der Waals surface area contributed by atoms with Gasteiger partial charge in [-0.25, -0.2) is 4.79 Å². The Hall–Kier alpha value is -1.88. The summed E-state index contributed by atoms with van der Waals surface area (Å²) < 4.78 is 0. The first-order valence-corrected chi connectivity index (χ1v) is 5.36. The zero-order valence-electron chi connectivity index (χ0n) is 9.64. The zero-order chi connectivity index (χ0) is 12.8. The number of aromatic carboxylic acids is 1. The average Bonchev–Trinajstić information content (AvgIpc) is 2.29. The van der Waals surface area contributed by atoms with Crippen LogP contribution in [0.1, 0.15) is 23.7 Å². The Morgan fingerprint density at radius 2 is 1.94 bits per heavy atom. The molecule has 0 saturated heterocycles. The van der Waals surface area contributed by atoms with Crippen molar-refractivity contribution in [1.82, 2.24) is 0 Å². The lowest BCUT2D eigenvalue weighted by Gasteiger charge is -2.09. The number of anilines is 1. The van der Waals surface area contributed by atoms with Gasteiger partial charge in [-0.2, -0.15) is 0 Å². The zero-order valence-corrected chi connectivity index (χ0v) is 9.64. The molecule has 0 aliphatic carbocycles. The van der Waals surface area contributed by atoms with Gasteiger partial charge in [0, 0.05) is 12.1 Å². The molecule has 0 heterocycles. The number of carbonyl (C=O) groups is 2. The minimum absolute atomic E-state index is 0.119. The molecule has 1 amide bonds. The molecule has 0 bridgehead atoms. The summed E-state index contributed by atoms with van der Waals surface area (Å²) in [7, 11) is 0. The molecule has 1 unspecified atom stereocenters. The summed E-state index contributed by atoms with van der Waals surface area (Å²) in [6, 6.07) is 6.03. The van der Waals surface area contributed by atoms with Gasteiger partial charge >= 0.3 is 5.97 Å². The minimum atomic E-state index is -0.986. The largest absolute Gasteiger partial charge is 0.478 e. The highest BCUT2D eigenvalue weighted by molar-refractivity contribution is 5.92. The van der Waals surface area contributed by atoms with E-state index in [1.807, 2.05) is 6.92 Å². The summed E-state index contributed by atoms with van der Waals surface area (Å²) in [5.74, 6) is -0.973. The highest BCUT2D eigenvalue weighted by Gasteiger charge is 2.08. The summed E-state index contributed by atoms with van der Waals surface area (Å²) in [6.07, 6.45) is 0.358. The van der Waals surface area contributed by atoms with E-state index in [0.717, 1.165) is 0 Å². The maximum atomic E-state index is 11.5. The van der Waals surface area contributed by atoms with E-state index in [-0.39, 0.29) is 17.4 Å². The molecule has 4 N–H and O–H groups in total. The van der Waals surface area contributed by atoms with Gasteiger partial charge in [-0.05, 0) is 36.7 Å². The molecule has 0 radical (unpaired) electrons. The van der Waals surface area contributed by atoms with Crippen LogP contribution in [0.2, 0.25) is 0 Å². The molecular formula is C12H16N2O3. The third-order valence-electron chi connectivity index (χ3n) is 2.35. The van der Waals surface area contributed by atoms with Crippen molar-refractivity contribution in [3.8, 4) is 0 Å². The first kappa shape index (κ1) is 13.2. The Morgan fingerprint density at radius 3 is 2.41 bits per heavy atom. The van der Waals surface area contributed by atoms with Gasteiger partial charge in [0.2, 0.25) is 5.91 Å². The lowest BCUT2D eigenvalue weighted by Crippen LogP contribution is -2.20. The van der Waals surface area contributed by atoms with Crippen LogP contribution in [0.25, 0.3) is 0 Å². The van der Waals surface area contributed by atoms with E-state index in [1.54, 1.807) is 12.1 Å². The molecular weight excluding hydrogens is 220 g/mol. The SMILES string of the molecule is CC(CN)CC(=O)Nc1ccc(C(=O)O)cc1. The first-order chi connectivity index (χ1) is 8.02. The second-order valence-electron chi connectivity index (χ2n) is 3.98. The van der Waals surface area contributed by atoms with Gasteiger partial charge in [-0.1, -0.05) is 6.92 Å². The Balaban J connectivity index is 2.57. The average molecular weight is 236 g/mol. The van der Waals surface area contributed by atoms with E-state index in [9.17, 15) is 9.59 Å². The fraction of sp³-hybridized carbons (Fsp3) is 0.333. The third kappa shape index (κ3) is 4.24. The fourth-order valence-electron chi connectivity index (χ4n) is 1.31. The number of carbonyl (C=O) groups excluding carboxylic acids is 1. The van der Waals surface area contributed by atoms with Gasteiger partial charge < -0.3 is 16.2 Å². The van der Waals surface area contributed by atoms with Crippen LogP contribution < -0.4 is 11.1 Å². The number of carboxylic acid groups (broad SMARTS) is 1. The van der Waals surface area contributed by atoms with Crippen LogP contribution in [-0.2, 0) is 4.79 Å². The van der Waals surface area contributed by atoms with Crippen LogP contribution in [0.15, 0.2) is 24.3 Å². The summed E-state index contributed by atoms with van der Waals surface area (Å²) in [5, 5.41) is 11.4. The molecule has 0 aliphatic rings. The van der Waals surface area contributed by atoms with Crippen molar-refractivity contribution in [2.45, 2.75) is 13.3 Å². The molecule has 1 aromatic rings. The van der Waals surface area contributed by atoms with Gasteiger partial charge in [0.25, 0.3) is 0 Å². The molecule has 0 aliphatic heterocycles. The Morgan fingerprint density at radius 1 is 1.35 bits per heavy atom. The highest BCUT2D eigenvalue weighted by atomic mass is 16.4. The standard InChI is InChI=1S/C12H16N2O3/c1-8(7-13)6-11(15)14-10-4-2-9(3-5-10)12(16)17/h2-5,8H,6-7,13H2,1H3,(H,14,15)(H,16,17). The summed E-state index contributed by atoms with van der Waals surface area (Å²) in [4.78, 5) is 22.1. The van der Waals surface area contributed by atoms with Crippen molar-refractivity contribution in [1.29, 1.82) is 0 Å². The summed E-state index contributed by atoms with van der Waals surface area (Å²) in [6.45, 7) is 2.36. The van der Waals surface area contributed by atoms with E-state index >= 15 is 0 Å². The molecule has 0 aromatic heterocycles. The van der Waals surface area contributed by atoms with Crippen molar-refractivity contribution in [3.63, 3.8) is 0 Å². The lowest BCUT2D eigenvalue weighted by atomic mass is 10.1. The minimum Gasteiger partial charge on any atom is -0.478 e.